The van der Waals surface area contributed by atoms with Crippen molar-refractivity contribution in [3.8, 4) is 17.4 Å². The predicted molar refractivity (Wildman–Crippen MR) is 118 cm³/mol. The van der Waals surface area contributed by atoms with Gasteiger partial charge in [0, 0.05) is 18.0 Å². The molecule has 11 heteroatoms. The first kappa shape index (κ1) is 22.6. The summed E-state index contributed by atoms with van der Waals surface area (Å²) in [6.45, 7) is 0.784. The van der Waals surface area contributed by atoms with Gasteiger partial charge in [-0.1, -0.05) is 6.07 Å². The van der Waals surface area contributed by atoms with Gasteiger partial charge in [-0.2, -0.15) is 5.10 Å². The summed E-state index contributed by atoms with van der Waals surface area (Å²) in [5.41, 5.74) is 0.566. The Kier molecular flexibility index (Phi) is 6.50. The molecule has 1 aliphatic rings. The van der Waals surface area contributed by atoms with Crippen LogP contribution in [0, 0.1) is 5.92 Å². The van der Waals surface area contributed by atoms with Crippen molar-refractivity contribution in [2.45, 2.75) is 24.3 Å². The Hall–Kier alpha value is -3.60. The highest BCUT2D eigenvalue weighted by Crippen LogP contribution is 2.35. The van der Waals surface area contributed by atoms with Crippen LogP contribution in [-0.4, -0.2) is 49.9 Å². The number of benzene rings is 1. The monoisotopic (exact) mass is 472 g/mol. The van der Waals surface area contributed by atoms with E-state index in [2.05, 4.69) is 14.8 Å². The summed E-state index contributed by atoms with van der Waals surface area (Å²) in [6, 6.07) is 9.52. The van der Waals surface area contributed by atoms with Gasteiger partial charge in [0.25, 0.3) is 15.9 Å². The highest BCUT2D eigenvalue weighted by atomic mass is 32.2. The minimum Gasteiger partial charge on any atom is -0.495 e. The molecule has 0 bridgehead atoms. The summed E-state index contributed by atoms with van der Waals surface area (Å²) in [4.78, 5) is 16.8. The summed E-state index contributed by atoms with van der Waals surface area (Å²) < 4.78 is 46.3. The van der Waals surface area contributed by atoms with Crippen LogP contribution >= 0.6 is 0 Å². The van der Waals surface area contributed by atoms with E-state index in [0.29, 0.717) is 24.6 Å². The third-order valence-corrected chi connectivity index (χ3v) is 6.48. The lowest BCUT2D eigenvalue weighted by Gasteiger charge is -2.16. The molecule has 0 saturated heterocycles. The number of hydrogen-bond donors (Lipinski definition) is 1. The Morgan fingerprint density at radius 3 is 2.58 bits per heavy atom. The fourth-order valence-electron chi connectivity index (χ4n) is 3.21. The molecule has 1 aromatic carbocycles. The number of pyridine rings is 1. The lowest BCUT2D eigenvalue weighted by atomic mass is 10.2. The first-order valence-corrected chi connectivity index (χ1v) is 11.8. The zero-order chi connectivity index (χ0) is 23.4. The largest absolute Gasteiger partial charge is 0.495 e. The van der Waals surface area contributed by atoms with Crippen molar-refractivity contribution in [3.63, 3.8) is 0 Å². The smallest absolute Gasteiger partial charge is 0.283 e. The molecular formula is C22H24N4O6S. The number of nitrogens with one attached hydrogen (secondary N) is 1. The van der Waals surface area contributed by atoms with Gasteiger partial charge in [0.1, 0.15) is 17.2 Å². The topological polar surface area (TPSA) is 122 Å². The SMILES string of the molecule is COc1cccc(OCC2CC2)c1S(=O)(=O)NC(=O)c1ccc(Cn2cccn2)c(OC)n1. The quantitative estimate of drug-likeness (QED) is 0.477. The van der Waals surface area contributed by atoms with Gasteiger partial charge >= 0.3 is 0 Å². The van der Waals surface area contributed by atoms with Crippen molar-refractivity contribution in [3.05, 3.63) is 60.0 Å². The fraction of sp³-hybridized carbons (Fsp3) is 0.318. The van der Waals surface area contributed by atoms with Crippen molar-refractivity contribution < 1.29 is 27.4 Å². The second kappa shape index (κ2) is 9.49. The lowest BCUT2D eigenvalue weighted by Crippen LogP contribution is -2.32. The third-order valence-electron chi connectivity index (χ3n) is 5.09. The maximum Gasteiger partial charge on any atom is 0.283 e. The van der Waals surface area contributed by atoms with E-state index in [0.717, 1.165) is 12.8 Å². The molecule has 0 atom stereocenters. The van der Waals surface area contributed by atoms with Gasteiger partial charge in [-0.05, 0) is 49.1 Å². The molecule has 1 N–H and O–H groups in total. The van der Waals surface area contributed by atoms with Crippen LogP contribution in [-0.2, 0) is 16.6 Å². The number of amides is 1. The first-order chi connectivity index (χ1) is 15.9. The van der Waals surface area contributed by atoms with Gasteiger partial charge in [0.15, 0.2) is 4.90 Å². The molecule has 2 aromatic heterocycles. The van der Waals surface area contributed by atoms with Crippen LogP contribution in [0.25, 0.3) is 0 Å². The molecule has 1 aliphatic carbocycles. The maximum absolute atomic E-state index is 13.1. The Labute approximate surface area is 191 Å². The van der Waals surface area contributed by atoms with E-state index in [-0.39, 0.29) is 28.0 Å². The Morgan fingerprint density at radius 1 is 1.12 bits per heavy atom. The average molecular weight is 473 g/mol. The second-order valence-corrected chi connectivity index (χ2v) is 9.16. The van der Waals surface area contributed by atoms with Crippen LogP contribution in [0.1, 0.15) is 28.9 Å². The average Bonchev–Trinajstić information content (AvgIpc) is 3.50. The van der Waals surface area contributed by atoms with Crippen molar-refractivity contribution >= 4 is 15.9 Å². The molecule has 1 saturated carbocycles. The molecule has 0 aliphatic heterocycles. The summed E-state index contributed by atoms with van der Waals surface area (Å²) >= 11 is 0. The van der Waals surface area contributed by atoms with Crippen LogP contribution in [0.2, 0.25) is 0 Å². The molecule has 1 fully saturated rings. The van der Waals surface area contributed by atoms with Gasteiger partial charge in [-0.25, -0.2) is 18.1 Å². The zero-order valence-electron chi connectivity index (χ0n) is 18.2. The van der Waals surface area contributed by atoms with Gasteiger partial charge in [0.05, 0.1) is 27.4 Å². The summed E-state index contributed by atoms with van der Waals surface area (Å²) in [6.07, 6.45) is 5.52. The van der Waals surface area contributed by atoms with Crippen LogP contribution in [0.15, 0.2) is 53.7 Å². The standard InChI is InChI=1S/C22H24N4O6S/c1-30-18-5-3-6-19(32-14-15-7-8-15)20(18)33(28,29)25-21(27)17-10-9-16(22(24-17)31-2)13-26-12-4-11-23-26/h3-6,9-12,15H,7-8,13-14H2,1-2H3,(H,25,27). The molecule has 33 heavy (non-hydrogen) atoms. The molecule has 0 spiro atoms. The molecule has 174 valence electrons. The van der Waals surface area contributed by atoms with Gasteiger partial charge < -0.3 is 14.2 Å². The molecule has 3 aromatic rings. The molecule has 4 rings (SSSR count). The van der Waals surface area contributed by atoms with E-state index in [9.17, 15) is 13.2 Å². The fourth-order valence-corrected chi connectivity index (χ4v) is 4.47. The lowest BCUT2D eigenvalue weighted by molar-refractivity contribution is 0.0975. The van der Waals surface area contributed by atoms with Crippen molar-refractivity contribution in [1.82, 2.24) is 19.5 Å². The second-order valence-electron chi connectivity index (χ2n) is 7.55. The number of carbonyl (C=O) groups excluding carboxylic acids is 1. The normalized spacial score (nSPS) is 13.4. The third kappa shape index (κ3) is 5.25. The first-order valence-electron chi connectivity index (χ1n) is 10.3. The van der Waals surface area contributed by atoms with Crippen LogP contribution in [0.5, 0.6) is 17.4 Å². The van der Waals surface area contributed by atoms with E-state index in [1.54, 1.807) is 35.3 Å². The van der Waals surface area contributed by atoms with Crippen molar-refractivity contribution in [1.29, 1.82) is 0 Å². The molecule has 10 nitrogen and oxygen atoms in total. The van der Waals surface area contributed by atoms with E-state index in [4.69, 9.17) is 14.2 Å². The van der Waals surface area contributed by atoms with Crippen LogP contribution in [0.3, 0.4) is 0 Å². The number of nitrogens with zero attached hydrogens (tertiary/aromatic N) is 3. The van der Waals surface area contributed by atoms with Crippen molar-refractivity contribution in [2.75, 3.05) is 20.8 Å². The number of sulfonamides is 1. The van der Waals surface area contributed by atoms with Crippen LogP contribution < -0.4 is 18.9 Å². The van der Waals surface area contributed by atoms with Crippen LogP contribution in [0.4, 0.5) is 0 Å². The highest BCUT2D eigenvalue weighted by Gasteiger charge is 2.30. The summed E-state index contributed by atoms with van der Waals surface area (Å²) in [5, 5.41) is 4.13. The van der Waals surface area contributed by atoms with E-state index >= 15 is 0 Å². The molecular weight excluding hydrogens is 448 g/mol. The number of aromatic nitrogens is 3. The summed E-state index contributed by atoms with van der Waals surface area (Å²) in [7, 11) is -1.55. The zero-order valence-corrected chi connectivity index (χ0v) is 19.0. The molecule has 0 radical (unpaired) electrons. The molecule has 2 heterocycles. The number of rotatable bonds is 10. The highest BCUT2D eigenvalue weighted by molar-refractivity contribution is 7.90. The van der Waals surface area contributed by atoms with E-state index in [1.165, 1.54) is 32.4 Å². The number of hydrogen-bond acceptors (Lipinski definition) is 8. The molecule has 0 unspecified atom stereocenters. The van der Waals surface area contributed by atoms with Crippen molar-refractivity contribution in [2.24, 2.45) is 5.92 Å². The minimum absolute atomic E-state index is 0.0729. The number of ether oxygens (including phenoxy) is 3. The Balaban J connectivity index is 1.57. The van der Waals surface area contributed by atoms with E-state index in [1.807, 2.05) is 0 Å². The van der Waals surface area contributed by atoms with Gasteiger partial charge in [-0.15, -0.1) is 0 Å². The van der Waals surface area contributed by atoms with Gasteiger partial charge in [-0.3, -0.25) is 9.48 Å². The maximum atomic E-state index is 13.1. The predicted octanol–water partition coefficient (Wildman–Crippen LogP) is 2.25. The number of carbonyl (C=O) groups is 1. The summed E-state index contributed by atoms with van der Waals surface area (Å²) in [5.74, 6) is -0.0945. The Bertz CT molecular complexity index is 1240. The number of methoxy groups -OCH3 is 2. The Morgan fingerprint density at radius 2 is 1.91 bits per heavy atom. The van der Waals surface area contributed by atoms with Gasteiger partial charge in [0.2, 0.25) is 5.88 Å². The minimum atomic E-state index is -4.32. The van der Waals surface area contributed by atoms with E-state index < -0.39 is 15.9 Å². The molecule has 1 amide bonds.